The predicted molar refractivity (Wildman–Crippen MR) is 124 cm³/mol. The molecule has 1 fully saturated rings. The van der Waals surface area contributed by atoms with Crippen LogP contribution in [0.4, 0.5) is 4.39 Å². The molecule has 33 heavy (non-hydrogen) atoms. The average Bonchev–Trinajstić information content (AvgIpc) is 3.07. The molecule has 2 aromatic carbocycles. The molecule has 3 aromatic rings. The fourth-order valence-corrected chi connectivity index (χ4v) is 5.81. The first-order valence-electron chi connectivity index (χ1n) is 10.6. The highest BCUT2D eigenvalue weighted by Crippen LogP contribution is 2.70. The number of benzene rings is 2. The van der Waals surface area contributed by atoms with Gasteiger partial charge in [-0.25, -0.2) is 14.4 Å². The lowest BCUT2D eigenvalue weighted by molar-refractivity contribution is -0.131. The molecule has 1 saturated carbocycles. The average molecular weight is 487 g/mol. The molecule has 2 atom stereocenters. The number of halogens is 3. The van der Waals surface area contributed by atoms with Crippen molar-refractivity contribution in [1.82, 2.24) is 20.8 Å². The van der Waals surface area contributed by atoms with Gasteiger partial charge in [-0.2, -0.15) is 0 Å². The second kappa shape index (κ2) is 7.11. The number of carbonyl (C=O) groups excluding carboxylic acids is 2. The van der Waals surface area contributed by atoms with Crippen LogP contribution >= 0.6 is 23.2 Å². The van der Waals surface area contributed by atoms with Crippen LogP contribution < -0.4 is 10.9 Å². The van der Waals surface area contributed by atoms with Gasteiger partial charge in [-0.15, -0.1) is 0 Å². The summed E-state index contributed by atoms with van der Waals surface area (Å²) in [7, 11) is 0. The molecule has 0 aliphatic heterocycles. The molecule has 170 valence electrons. The van der Waals surface area contributed by atoms with Crippen LogP contribution in [0.5, 0.6) is 0 Å². The lowest BCUT2D eigenvalue weighted by Crippen LogP contribution is -2.55. The zero-order chi connectivity index (χ0) is 23.8. The maximum atomic E-state index is 13.7. The van der Waals surface area contributed by atoms with Crippen molar-refractivity contribution >= 4 is 46.0 Å². The fourth-order valence-electron chi connectivity index (χ4n) is 5.49. The molecular formula is C24H21Cl2FN4O2. The number of hydrogen-bond donors (Lipinski definition) is 2. The van der Waals surface area contributed by atoms with Crippen LogP contribution in [-0.2, 0) is 15.6 Å². The summed E-state index contributed by atoms with van der Waals surface area (Å²) < 4.78 is 13.2. The summed E-state index contributed by atoms with van der Waals surface area (Å²) in [6, 6.07) is 8.41. The van der Waals surface area contributed by atoms with Gasteiger partial charge in [-0.3, -0.25) is 20.4 Å². The highest BCUT2D eigenvalue weighted by molar-refractivity contribution is 6.42. The Morgan fingerprint density at radius 3 is 2.09 bits per heavy atom. The Hall–Kier alpha value is -2.77. The van der Waals surface area contributed by atoms with Crippen LogP contribution in [0.15, 0.2) is 36.4 Å². The van der Waals surface area contributed by atoms with E-state index in [1.807, 2.05) is 13.8 Å². The van der Waals surface area contributed by atoms with Crippen LogP contribution in [-0.4, -0.2) is 21.8 Å². The summed E-state index contributed by atoms with van der Waals surface area (Å²) in [6.45, 7) is 6.17. The minimum atomic E-state index is -1.000. The molecule has 2 unspecified atom stereocenters. The van der Waals surface area contributed by atoms with E-state index in [0.29, 0.717) is 33.2 Å². The number of hydrazine groups is 1. The molecule has 5 rings (SSSR count). The van der Waals surface area contributed by atoms with Crippen LogP contribution in [0.3, 0.4) is 0 Å². The minimum absolute atomic E-state index is 0.230. The van der Waals surface area contributed by atoms with E-state index >= 15 is 0 Å². The number of nitrogens with one attached hydrogen (secondary N) is 2. The van der Waals surface area contributed by atoms with Gasteiger partial charge in [0.25, 0.3) is 11.8 Å². The first-order chi connectivity index (χ1) is 15.5. The zero-order valence-electron chi connectivity index (χ0n) is 18.2. The Morgan fingerprint density at radius 2 is 1.48 bits per heavy atom. The minimum Gasteiger partial charge on any atom is -0.272 e. The molecule has 2 aliphatic carbocycles. The van der Waals surface area contributed by atoms with Gasteiger partial charge in [-0.1, -0.05) is 44.0 Å². The van der Waals surface area contributed by atoms with E-state index in [9.17, 15) is 14.0 Å². The Kier molecular flexibility index (Phi) is 4.75. The lowest BCUT2D eigenvalue weighted by atomic mass is 9.63. The molecule has 1 heterocycles. The van der Waals surface area contributed by atoms with Gasteiger partial charge in [0, 0.05) is 11.0 Å². The van der Waals surface area contributed by atoms with Crippen molar-refractivity contribution in [2.75, 3.05) is 0 Å². The van der Waals surface area contributed by atoms with Crippen LogP contribution in [0.1, 0.15) is 55.4 Å². The molecule has 2 aliphatic rings. The smallest absolute Gasteiger partial charge is 0.269 e. The molecule has 0 saturated heterocycles. The molecule has 1 aromatic heterocycles. The summed E-state index contributed by atoms with van der Waals surface area (Å²) >= 11 is 12.4. The second-order valence-corrected chi connectivity index (χ2v) is 10.3. The van der Waals surface area contributed by atoms with Gasteiger partial charge < -0.3 is 0 Å². The topological polar surface area (TPSA) is 84.0 Å². The van der Waals surface area contributed by atoms with Crippen molar-refractivity contribution in [3.63, 3.8) is 0 Å². The number of carbonyl (C=O) groups is 2. The van der Waals surface area contributed by atoms with Gasteiger partial charge >= 0.3 is 0 Å². The molecule has 0 spiro atoms. The Labute approximate surface area is 199 Å². The van der Waals surface area contributed by atoms with Gasteiger partial charge in [0.1, 0.15) is 11.2 Å². The Morgan fingerprint density at radius 1 is 0.909 bits per heavy atom. The monoisotopic (exact) mass is 486 g/mol. The summed E-state index contributed by atoms with van der Waals surface area (Å²) in [5, 5.41) is 0.749. The van der Waals surface area contributed by atoms with Crippen LogP contribution in [0.25, 0.3) is 11.0 Å². The number of amides is 2. The largest absolute Gasteiger partial charge is 0.272 e. The standard InChI is InChI=1S/C24H21Cl2FN4O2/c1-22(2)23(3)8-9-24(22,21(33)31-30-20(32)12-4-6-13(27)7-5-12)19-18(23)28-16-10-14(25)15(26)11-17(16)29-19/h4-7,10-11H,8-9H2,1-3H3,(H,30,32)(H,31,33). The summed E-state index contributed by atoms with van der Waals surface area (Å²) in [6.07, 6.45) is 1.30. The molecule has 2 bridgehead atoms. The molecular weight excluding hydrogens is 466 g/mol. The van der Waals surface area contributed by atoms with Gasteiger partial charge in [-0.05, 0) is 54.7 Å². The number of hydrogen-bond acceptors (Lipinski definition) is 4. The van der Waals surface area contributed by atoms with Gasteiger partial charge in [0.15, 0.2) is 0 Å². The van der Waals surface area contributed by atoms with Crippen molar-refractivity contribution in [3.8, 4) is 0 Å². The van der Waals surface area contributed by atoms with Crippen molar-refractivity contribution in [2.24, 2.45) is 5.41 Å². The van der Waals surface area contributed by atoms with Crippen LogP contribution in [0, 0.1) is 11.2 Å². The summed E-state index contributed by atoms with van der Waals surface area (Å²) in [4.78, 5) is 35.9. The van der Waals surface area contributed by atoms with E-state index < -0.39 is 28.0 Å². The summed E-state index contributed by atoms with van der Waals surface area (Å²) in [5.74, 6) is -1.35. The lowest BCUT2D eigenvalue weighted by Gasteiger charge is -2.39. The highest BCUT2D eigenvalue weighted by atomic mass is 35.5. The number of nitrogens with zero attached hydrogens (tertiary/aromatic N) is 2. The number of rotatable bonds is 2. The van der Waals surface area contributed by atoms with Crippen molar-refractivity contribution < 1.29 is 14.0 Å². The maximum absolute atomic E-state index is 13.7. The molecule has 2 N–H and O–H groups in total. The van der Waals surface area contributed by atoms with Crippen molar-refractivity contribution in [2.45, 2.75) is 44.4 Å². The first kappa shape index (κ1) is 22.0. The molecule has 9 heteroatoms. The third kappa shape index (κ3) is 2.85. The van der Waals surface area contributed by atoms with E-state index in [0.717, 1.165) is 12.1 Å². The van der Waals surface area contributed by atoms with Crippen LogP contribution in [0.2, 0.25) is 10.0 Å². The van der Waals surface area contributed by atoms with Gasteiger partial charge in [0.2, 0.25) is 0 Å². The molecule has 6 nitrogen and oxygen atoms in total. The van der Waals surface area contributed by atoms with Crippen molar-refractivity contribution in [3.05, 3.63) is 69.2 Å². The second-order valence-electron chi connectivity index (χ2n) is 9.45. The van der Waals surface area contributed by atoms with E-state index in [2.05, 4.69) is 17.8 Å². The third-order valence-electron chi connectivity index (χ3n) is 7.86. The molecule has 2 amide bonds. The SMILES string of the molecule is CC12CCC(C(=O)NNC(=O)c3ccc(F)cc3)(c3nc4cc(Cl)c(Cl)cc4nc31)C2(C)C. The van der Waals surface area contributed by atoms with E-state index in [1.54, 1.807) is 12.1 Å². The van der Waals surface area contributed by atoms with Gasteiger partial charge in [0.05, 0.1) is 32.5 Å². The van der Waals surface area contributed by atoms with E-state index in [4.69, 9.17) is 33.2 Å². The van der Waals surface area contributed by atoms with Crippen molar-refractivity contribution in [1.29, 1.82) is 0 Å². The number of fused-ring (bicyclic) bond motifs is 6. The van der Waals surface area contributed by atoms with E-state index in [1.165, 1.54) is 24.3 Å². The molecule has 0 radical (unpaired) electrons. The Balaban J connectivity index is 1.55. The first-order valence-corrected chi connectivity index (χ1v) is 11.3. The zero-order valence-corrected chi connectivity index (χ0v) is 19.7. The normalized spacial score (nSPS) is 24.5. The quantitative estimate of drug-likeness (QED) is 0.506. The fraction of sp³-hybridized carbons (Fsp3) is 0.333. The third-order valence-corrected chi connectivity index (χ3v) is 8.59. The number of aromatic nitrogens is 2. The Bertz CT molecular complexity index is 1340. The maximum Gasteiger partial charge on any atom is 0.269 e. The van der Waals surface area contributed by atoms with E-state index in [-0.39, 0.29) is 11.5 Å². The predicted octanol–water partition coefficient (Wildman–Crippen LogP) is 4.87. The summed E-state index contributed by atoms with van der Waals surface area (Å²) in [5.41, 5.74) is 5.89. The highest BCUT2D eigenvalue weighted by Gasteiger charge is 2.73.